The summed E-state index contributed by atoms with van der Waals surface area (Å²) in [6.45, 7) is -0.257. The van der Waals surface area contributed by atoms with E-state index in [1.54, 1.807) is 0 Å². The van der Waals surface area contributed by atoms with Gasteiger partial charge in [0, 0.05) is 40.2 Å². The molecule has 2 heterocycles. The second-order valence-electron chi connectivity index (χ2n) is 7.50. The van der Waals surface area contributed by atoms with Crippen LogP contribution in [0.4, 0.5) is 27.6 Å². The zero-order valence-corrected chi connectivity index (χ0v) is 17.2. The second-order valence-corrected chi connectivity index (χ2v) is 7.50. The predicted octanol–water partition coefficient (Wildman–Crippen LogP) is 5.18. The van der Waals surface area contributed by atoms with E-state index in [4.69, 9.17) is 4.74 Å². The van der Waals surface area contributed by atoms with E-state index in [2.05, 4.69) is 4.98 Å². The average Bonchev–Trinajstić information content (AvgIpc) is 3.08. The number of aliphatic hydroxyl groups excluding tert-OH is 1. The molecule has 0 fully saturated rings. The van der Waals surface area contributed by atoms with Crippen molar-refractivity contribution in [1.29, 1.82) is 0 Å². The highest BCUT2D eigenvalue weighted by Crippen LogP contribution is 2.38. The lowest BCUT2D eigenvalue weighted by Gasteiger charge is -2.18. The molecule has 1 unspecified atom stereocenters. The SMILES string of the molecule is CC(O)c1ccc(N2Cc3c(ccnc3-c3ccc(F)cc3OCC(F)(F)F)C2=O)cc1F. The van der Waals surface area contributed by atoms with Crippen LogP contribution in [0.3, 0.4) is 0 Å². The molecule has 1 aromatic heterocycles. The summed E-state index contributed by atoms with van der Waals surface area (Å²) in [5.41, 5.74) is 1.15. The maximum Gasteiger partial charge on any atom is 0.422 e. The van der Waals surface area contributed by atoms with Crippen molar-refractivity contribution >= 4 is 11.6 Å². The molecule has 1 aliphatic heterocycles. The lowest BCUT2D eigenvalue weighted by Crippen LogP contribution is -2.23. The number of pyridine rings is 1. The fourth-order valence-electron chi connectivity index (χ4n) is 3.66. The fourth-order valence-corrected chi connectivity index (χ4v) is 3.66. The van der Waals surface area contributed by atoms with Gasteiger partial charge in [-0.15, -0.1) is 0 Å². The number of halogens is 5. The molecule has 0 spiro atoms. The Kier molecular flexibility index (Phi) is 5.79. The smallest absolute Gasteiger partial charge is 0.422 e. The molecular formula is C23H17F5N2O3. The quantitative estimate of drug-likeness (QED) is 0.529. The molecule has 2 aromatic carbocycles. The van der Waals surface area contributed by atoms with Crippen molar-refractivity contribution in [1.82, 2.24) is 4.98 Å². The van der Waals surface area contributed by atoms with Crippen molar-refractivity contribution in [3.8, 4) is 17.0 Å². The average molecular weight is 464 g/mol. The Bertz CT molecular complexity index is 1230. The summed E-state index contributed by atoms with van der Waals surface area (Å²) in [7, 11) is 0. The lowest BCUT2D eigenvalue weighted by molar-refractivity contribution is -0.153. The van der Waals surface area contributed by atoms with E-state index in [9.17, 15) is 31.9 Å². The van der Waals surface area contributed by atoms with Crippen molar-refractivity contribution in [3.05, 3.63) is 77.0 Å². The number of nitrogens with zero attached hydrogens (tertiary/aromatic N) is 2. The van der Waals surface area contributed by atoms with Crippen molar-refractivity contribution in [2.24, 2.45) is 0 Å². The molecule has 172 valence electrons. The number of hydrogen-bond donors (Lipinski definition) is 1. The van der Waals surface area contributed by atoms with Crippen LogP contribution in [0, 0.1) is 11.6 Å². The first-order valence-electron chi connectivity index (χ1n) is 9.82. The number of rotatable bonds is 5. The largest absolute Gasteiger partial charge is 0.483 e. The van der Waals surface area contributed by atoms with Crippen molar-refractivity contribution in [2.45, 2.75) is 25.7 Å². The Labute approximate surface area is 185 Å². The van der Waals surface area contributed by atoms with E-state index in [-0.39, 0.29) is 40.4 Å². The number of hydrogen-bond acceptors (Lipinski definition) is 4. The van der Waals surface area contributed by atoms with E-state index in [1.807, 2.05) is 0 Å². The number of anilines is 1. The van der Waals surface area contributed by atoms with Gasteiger partial charge in [-0.1, -0.05) is 6.07 Å². The Morgan fingerprint density at radius 3 is 2.55 bits per heavy atom. The van der Waals surface area contributed by atoms with Gasteiger partial charge < -0.3 is 14.7 Å². The van der Waals surface area contributed by atoms with E-state index in [1.165, 1.54) is 42.3 Å². The van der Waals surface area contributed by atoms with E-state index >= 15 is 0 Å². The topological polar surface area (TPSA) is 62.7 Å². The molecule has 10 heteroatoms. The van der Waals surface area contributed by atoms with E-state index < -0.39 is 36.4 Å². The summed E-state index contributed by atoms with van der Waals surface area (Å²) >= 11 is 0. The zero-order valence-electron chi connectivity index (χ0n) is 17.2. The molecule has 5 nitrogen and oxygen atoms in total. The molecule has 0 aliphatic carbocycles. The Morgan fingerprint density at radius 2 is 1.88 bits per heavy atom. The number of carbonyl (C=O) groups excluding carboxylic acids is 1. The van der Waals surface area contributed by atoms with Crippen LogP contribution in [-0.2, 0) is 6.54 Å². The number of carbonyl (C=O) groups is 1. The van der Waals surface area contributed by atoms with Gasteiger partial charge in [-0.2, -0.15) is 13.2 Å². The molecule has 1 N–H and O–H groups in total. The Balaban J connectivity index is 1.73. The van der Waals surface area contributed by atoms with Crippen molar-refractivity contribution in [3.63, 3.8) is 0 Å². The summed E-state index contributed by atoms with van der Waals surface area (Å²) in [6.07, 6.45) is -4.36. The number of aliphatic hydroxyl groups is 1. The Hall–Kier alpha value is -3.53. The van der Waals surface area contributed by atoms with Gasteiger partial charge >= 0.3 is 6.18 Å². The van der Waals surface area contributed by atoms with Crippen LogP contribution in [0.25, 0.3) is 11.3 Å². The molecule has 0 bridgehead atoms. The molecule has 1 amide bonds. The summed E-state index contributed by atoms with van der Waals surface area (Å²) in [5.74, 6) is -2.31. The van der Waals surface area contributed by atoms with Gasteiger partial charge in [-0.05, 0) is 37.3 Å². The van der Waals surface area contributed by atoms with Crippen LogP contribution in [0.2, 0.25) is 0 Å². The van der Waals surface area contributed by atoms with Crippen LogP contribution in [-0.4, -0.2) is 28.8 Å². The zero-order chi connectivity index (χ0) is 23.9. The number of alkyl halides is 3. The number of ether oxygens (including phenoxy) is 1. The standard InChI is InChI=1S/C23H17F5N2O3/c1-12(31)15-5-3-14(9-19(15)25)30-10-18-16(22(30)32)6-7-29-21(18)17-4-2-13(24)8-20(17)33-11-23(26,27)28/h2-9,12,31H,10-11H2,1H3. The van der Waals surface area contributed by atoms with Crippen LogP contribution < -0.4 is 9.64 Å². The van der Waals surface area contributed by atoms with Crippen molar-refractivity contribution < 1.29 is 36.6 Å². The van der Waals surface area contributed by atoms with Gasteiger partial charge in [0.1, 0.15) is 17.4 Å². The first kappa shape index (κ1) is 22.7. The minimum atomic E-state index is -4.63. The van der Waals surface area contributed by atoms with Gasteiger partial charge in [-0.25, -0.2) is 8.78 Å². The van der Waals surface area contributed by atoms with Crippen LogP contribution in [0.15, 0.2) is 48.7 Å². The third kappa shape index (κ3) is 4.51. The number of benzene rings is 2. The molecular weight excluding hydrogens is 447 g/mol. The summed E-state index contributed by atoms with van der Waals surface area (Å²) < 4.78 is 70.9. The molecule has 0 saturated carbocycles. The van der Waals surface area contributed by atoms with E-state index in [0.717, 1.165) is 18.2 Å². The van der Waals surface area contributed by atoms with Gasteiger partial charge in [0.05, 0.1) is 18.3 Å². The highest BCUT2D eigenvalue weighted by Gasteiger charge is 2.33. The van der Waals surface area contributed by atoms with Crippen LogP contribution in [0.5, 0.6) is 5.75 Å². The van der Waals surface area contributed by atoms with Gasteiger partial charge in [0.25, 0.3) is 5.91 Å². The van der Waals surface area contributed by atoms with Gasteiger partial charge in [0.2, 0.25) is 0 Å². The van der Waals surface area contributed by atoms with E-state index in [0.29, 0.717) is 5.56 Å². The maximum atomic E-state index is 14.4. The molecule has 0 saturated heterocycles. The van der Waals surface area contributed by atoms with Gasteiger partial charge in [0.15, 0.2) is 6.61 Å². The van der Waals surface area contributed by atoms with Crippen molar-refractivity contribution in [2.75, 3.05) is 11.5 Å². The number of fused-ring (bicyclic) bond motifs is 1. The normalized spacial score (nSPS) is 14.4. The van der Waals surface area contributed by atoms with Gasteiger partial charge in [-0.3, -0.25) is 9.78 Å². The van der Waals surface area contributed by atoms with Crippen LogP contribution in [0.1, 0.15) is 34.5 Å². The summed E-state index contributed by atoms with van der Waals surface area (Å²) in [6, 6.07) is 8.52. The second kappa shape index (κ2) is 8.43. The molecule has 1 atom stereocenters. The first-order chi connectivity index (χ1) is 15.5. The fraction of sp³-hybridized carbons (Fsp3) is 0.217. The monoisotopic (exact) mass is 464 g/mol. The molecule has 3 aromatic rings. The lowest BCUT2D eigenvalue weighted by atomic mass is 10.0. The minimum Gasteiger partial charge on any atom is -0.483 e. The third-order valence-electron chi connectivity index (χ3n) is 5.18. The first-order valence-corrected chi connectivity index (χ1v) is 9.82. The van der Waals surface area contributed by atoms with Crippen LogP contribution >= 0.6 is 0 Å². The number of aromatic nitrogens is 1. The Morgan fingerprint density at radius 1 is 1.12 bits per heavy atom. The highest BCUT2D eigenvalue weighted by molar-refractivity contribution is 6.11. The maximum absolute atomic E-state index is 14.4. The minimum absolute atomic E-state index is 0.0408. The third-order valence-corrected chi connectivity index (χ3v) is 5.18. The predicted molar refractivity (Wildman–Crippen MR) is 109 cm³/mol. The molecule has 4 rings (SSSR count). The molecule has 33 heavy (non-hydrogen) atoms. The molecule has 0 radical (unpaired) electrons. The highest BCUT2D eigenvalue weighted by atomic mass is 19.4. The number of amides is 1. The molecule has 1 aliphatic rings. The summed E-state index contributed by atoms with van der Waals surface area (Å²) in [5, 5.41) is 9.62. The summed E-state index contributed by atoms with van der Waals surface area (Å²) in [4.78, 5) is 18.5.